The molecule has 3 aromatic rings. The molecule has 1 aromatic heterocycles. The first-order chi connectivity index (χ1) is 15.5. The molecule has 3 rings (SSSR count). The Morgan fingerprint density at radius 2 is 1.78 bits per heavy atom. The first-order valence-electron chi connectivity index (χ1n) is 10.7. The molecule has 2 aromatic carbocycles. The molecule has 0 aliphatic rings. The van der Waals surface area contributed by atoms with Gasteiger partial charge in [0.05, 0.1) is 6.61 Å². The fourth-order valence-electron chi connectivity index (χ4n) is 3.08. The molecule has 5 nitrogen and oxygen atoms in total. The summed E-state index contributed by atoms with van der Waals surface area (Å²) in [5.74, 6) is 0.250. The van der Waals surface area contributed by atoms with Gasteiger partial charge in [0.1, 0.15) is 11.4 Å². The Morgan fingerprint density at radius 1 is 1.03 bits per heavy atom. The summed E-state index contributed by atoms with van der Waals surface area (Å²) in [5.41, 5.74) is 3.00. The number of rotatable bonds is 10. The number of carbonyl (C=O) groups is 2. The largest absolute Gasteiger partial charge is 0.494 e. The lowest BCUT2D eigenvalue weighted by Gasteiger charge is -2.11. The van der Waals surface area contributed by atoms with Crippen LogP contribution in [0.2, 0.25) is 0 Å². The van der Waals surface area contributed by atoms with E-state index in [1.54, 1.807) is 18.2 Å². The van der Waals surface area contributed by atoms with Gasteiger partial charge >= 0.3 is 0 Å². The molecule has 0 bridgehead atoms. The van der Waals surface area contributed by atoms with E-state index in [4.69, 9.17) is 4.74 Å². The van der Waals surface area contributed by atoms with Crippen molar-refractivity contribution in [2.45, 2.75) is 26.7 Å². The number of aryl methyl sites for hydroxylation is 2. The number of amides is 2. The zero-order valence-electron chi connectivity index (χ0n) is 18.4. The van der Waals surface area contributed by atoms with Gasteiger partial charge in [-0.3, -0.25) is 9.59 Å². The molecule has 32 heavy (non-hydrogen) atoms. The van der Waals surface area contributed by atoms with Crippen LogP contribution in [0.4, 0.5) is 0 Å². The predicted molar refractivity (Wildman–Crippen MR) is 130 cm³/mol. The number of thiophene rings is 1. The van der Waals surface area contributed by atoms with Crippen LogP contribution in [0.5, 0.6) is 5.75 Å². The van der Waals surface area contributed by atoms with E-state index in [1.807, 2.05) is 67.8 Å². The minimum Gasteiger partial charge on any atom is -0.494 e. The van der Waals surface area contributed by atoms with Crippen LogP contribution < -0.4 is 15.4 Å². The van der Waals surface area contributed by atoms with E-state index < -0.39 is 0 Å². The Labute approximate surface area is 193 Å². The first kappa shape index (κ1) is 23.3. The molecule has 1 heterocycles. The minimum absolute atomic E-state index is 0.235. The SMILES string of the molecule is CCOc1ccc(CCCNC(=O)/C(=C/c2cccs2)NC(=O)c2ccc(C)cc2)cc1. The summed E-state index contributed by atoms with van der Waals surface area (Å²) in [4.78, 5) is 26.4. The highest BCUT2D eigenvalue weighted by Gasteiger charge is 2.14. The maximum atomic E-state index is 12.8. The molecule has 166 valence electrons. The molecule has 6 heteroatoms. The van der Waals surface area contributed by atoms with E-state index >= 15 is 0 Å². The van der Waals surface area contributed by atoms with Crippen molar-refractivity contribution in [3.63, 3.8) is 0 Å². The van der Waals surface area contributed by atoms with Gasteiger partial charge in [-0.1, -0.05) is 35.9 Å². The summed E-state index contributed by atoms with van der Waals surface area (Å²) in [6.07, 6.45) is 3.34. The molecular formula is C26H28N2O3S. The molecule has 0 aliphatic carbocycles. The fourth-order valence-corrected chi connectivity index (χ4v) is 3.74. The Morgan fingerprint density at radius 3 is 2.44 bits per heavy atom. The second-order valence-electron chi connectivity index (χ2n) is 7.33. The summed E-state index contributed by atoms with van der Waals surface area (Å²) < 4.78 is 5.46. The zero-order chi connectivity index (χ0) is 22.8. The predicted octanol–water partition coefficient (Wildman–Crippen LogP) is 4.98. The lowest BCUT2D eigenvalue weighted by Crippen LogP contribution is -2.35. The normalized spacial score (nSPS) is 11.1. The van der Waals surface area contributed by atoms with Crippen molar-refractivity contribution < 1.29 is 14.3 Å². The maximum absolute atomic E-state index is 12.8. The van der Waals surface area contributed by atoms with Crippen molar-refractivity contribution in [1.29, 1.82) is 0 Å². The van der Waals surface area contributed by atoms with Crippen molar-refractivity contribution in [3.8, 4) is 5.75 Å². The molecule has 0 spiro atoms. The third-order valence-electron chi connectivity index (χ3n) is 4.80. The standard InChI is InChI=1S/C26H28N2O3S/c1-3-31-22-14-10-20(11-15-22)6-4-16-27-26(30)24(18-23-7-5-17-32-23)28-25(29)21-12-8-19(2)9-13-21/h5,7-15,17-18H,3-4,6,16H2,1-2H3,(H,27,30)(H,28,29)/b24-18-. The molecule has 0 atom stereocenters. The van der Waals surface area contributed by atoms with Gasteiger partial charge in [-0.2, -0.15) is 0 Å². The number of hydrogen-bond acceptors (Lipinski definition) is 4. The number of carbonyl (C=O) groups excluding carboxylic acids is 2. The van der Waals surface area contributed by atoms with Crippen LogP contribution in [0.3, 0.4) is 0 Å². The van der Waals surface area contributed by atoms with E-state index in [0.29, 0.717) is 18.7 Å². The monoisotopic (exact) mass is 448 g/mol. The average molecular weight is 449 g/mol. The molecular weight excluding hydrogens is 420 g/mol. The van der Waals surface area contributed by atoms with Crippen LogP contribution >= 0.6 is 11.3 Å². The Hall–Kier alpha value is -3.38. The topological polar surface area (TPSA) is 67.4 Å². The number of benzene rings is 2. The average Bonchev–Trinajstić information content (AvgIpc) is 3.31. The van der Waals surface area contributed by atoms with E-state index in [9.17, 15) is 9.59 Å². The highest BCUT2D eigenvalue weighted by molar-refractivity contribution is 7.10. The summed E-state index contributed by atoms with van der Waals surface area (Å²) in [5, 5.41) is 7.62. The highest BCUT2D eigenvalue weighted by Crippen LogP contribution is 2.14. The molecule has 0 radical (unpaired) electrons. The van der Waals surface area contributed by atoms with Crippen LogP contribution in [-0.4, -0.2) is 25.0 Å². The molecule has 0 saturated heterocycles. The third kappa shape index (κ3) is 7.10. The fraction of sp³-hybridized carbons (Fsp3) is 0.231. The summed E-state index contributed by atoms with van der Waals surface area (Å²) >= 11 is 1.51. The number of nitrogens with one attached hydrogen (secondary N) is 2. The highest BCUT2D eigenvalue weighted by atomic mass is 32.1. The van der Waals surface area contributed by atoms with E-state index in [1.165, 1.54) is 16.9 Å². The van der Waals surface area contributed by atoms with E-state index in [2.05, 4.69) is 10.6 Å². The Balaban J connectivity index is 1.57. The minimum atomic E-state index is -0.308. The first-order valence-corrected chi connectivity index (χ1v) is 11.6. The second-order valence-corrected chi connectivity index (χ2v) is 8.31. The van der Waals surface area contributed by atoms with Gasteiger partial charge in [0.2, 0.25) is 0 Å². The molecule has 0 fully saturated rings. The quantitative estimate of drug-likeness (QED) is 0.340. The van der Waals surface area contributed by atoms with Gasteiger partial charge in [0.15, 0.2) is 0 Å². The zero-order valence-corrected chi connectivity index (χ0v) is 19.2. The van der Waals surface area contributed by atoms with Gasteiger partial charge < -0.3 is 15.4 Å². The van der Waals surface area contributed by atoms with Gasteiger partial charge in [-0.15, -0.1) is 11.3 Å². The number of ether oxygens (including phenoxy) is 1. The van der Waals surface area contributed by atoms with Crippen LogP contribution in [0.15, 0.2) is 71.7 Å². The summed E-state index contributed by atoms with van der Waals surface area (Å²) in [6, 6.07) is 19.1. The second kappa shape index (κ2) is 11.9. The van der Waals surface area contributed by atoms with Crippen molar-refractivity contribution in [2.24, 2.45) is 0 Å². The van der Waals surface area contributed by atoms with Crippen molar-refractivity contribution in [3.05, 3.63) is 93.3 Å². The van der Waals surface area contributed by atoms with Crippen molar-refractivity contribution in [2.75, 3.05) is 13.2 Å². The van der Waals surface area contributed by atoms with Crippen LogP contribution in [0.1, 0.15) is 39.7 Å². The van der Waals surface area contributed by atoms with Crippen LogP contribution in [0.25, 0.3) is 6.08 Å². The summed E-state index contributed by atoms with van der Waals surface area (Å²) in [7, 11) is 0. The lowest BCUT2D eigenvalue weighted by atomic mass is 10.1. The summed E-state index contributed by atoms with van der Waals surface area (Å²) in [6.45, 7) is 5.08. The number of hydrogen-bond donors (Lipinski definition) is 2. The van der Waals surface area contributed by atoms with Gasteiger partial charge in [-0.05, 0) is 74.0 Å². The van der Waals surface area contributed by atoms with Gasteiger partial charge in [0, 0.05) is 17.0 Å². The smallest absolute Gasteiger partial charge is 0.267 e. The molecule has 0 unspecified atom stereocenters. The van der Waals surface area contributed by atoms with Crippen molar-refractivity contribution in [1.82, 2.24) is 10.6 Å². The molecule has 2 N–H and O–H groups in total. The third-order valence-corrected chi connectivity index (χ3v) is 5.62. The molecule has 0 saturated carbocycles. The molecule has 2 amide bonds. The lowest BCUT2D eigenvalue weighted by molar-refractivity contribution is -0.117. The Kier molecular flexibility index (Phi) is 8.63. The van der Waals surface area contributed by atoms with Crippen LogP contribution in [-0.2, 0) is 11.2 Å². The Bertz CT molecular complexity index is 1040. The van der Waals surface area contributed by atoms with Gasteiger partial charge in [0.25, 0.3) is 11.8 Å². The molecule has 0 aliphatic heterocycles. The van der Waals surface area contributed by atoms with Crippen molar-refractivity contribution >= 4 is 29.2 Å². The van der Waals surface area contributed by atoms with Crippen LogP contribution in [0, 0.1) is 6.92 Å². The van der Waals surface area contributed by atoms with E-state index in [0.717, 1.165) is 29.0 Å². The maximum Gasteiger partial charge on any atom is 0.267 e. The van der Waals surface area contributed by atoms with E-state index in [-0.39, 0.29) is 17.5 Å². The van der Waals surface area contributed by atoms with Gasteiger partial charge in [-0.25, -0.2) is 0 Å².